The summed E-state index contributed by atoms with van der Waals surface area (Å²) in [4.78, 5) is 12.3. The van der Waals surface area contributed by atoms with Gasteiger partial charge in [0.25, 0.3) is 0 Å². The van der Waals surface area contributed by atoms with Crippen molar-refractivity contribution in [2.24, 2.45) is 0 Å². The lowest BCUT2D eigenvalue weighted by molar-refractivity contribution is 0.101. The molecule has 1 aliphatic rings. The van der Waals surface area contributed by atoms with Gasteiger partial charge in [0.15, 0.2) is 5.76 Å². The van der Waals surface area contributed by atoms with Crippen molar-refractivity contribution in [2.75, 3.05) is 6.61 Å². The minimum atomic E-state index is -0.177. The van der Waals surface area contributed by atoms with Crippen molar-refractivity contribution in [1.82, 2.24) is 0 Å². The van der Waals surface area contributed by atoms with E-state index < -0.39 is 0 Å². The Balaban J connectivity index is 1.94. The third-order valence-corrected chi connectivity index (χ3v) is 3.76. The molecule has 1 heterocycles. The summed E-state index contributed by atoms with van der Waals surface area (Å²) in [6.45, 7) is 2.45. The first-order valence-electron chi connectivity index (χ1n) is 6.74. The predicted octanol–water partition coefficient (Wildman–Crippen LogP) is 5.01. The van der Waals surface area contributed by atoms with Crippen molar-refractivity contribution in [3.8, 4) is 11.5 Å². The average Bonchev–Trinajstić information content (AvgIpc) is 2.78. The van der Waals surface area contributed by atoms with E-state index in [0.29, 0.717) is 39.3 Å². The maximum atomic E-state index is 12.3. The van der Waals surface area contributed by atoms with Gasteiger partial charge in [-0.1, -0.05) is 29.3 Å². The molecule has 0 bridgehead atoms. The molecule has 0 saturated carbocycles. The maximum absolute atomic E-state index is 12.3. The van der Waals surface area contributed by atoms with Crippen LogP contribution in [0.1, 0.15) is 22.8 Å². The van der Waals surface area contributed by atoms with Crippen molar-refractivity contribution < 1.29 is 14.3 Å². The maximum Gasteiger partial charge on any atom is 0.231 e. The van der Waals surface area contributed by atoms with Gasteiger partial charge in [-0.05, 0) is 42.8 Å². The molecule has 3 rings (SSSR count). The molecule has 2 aromatic carbocycles. The minimum absolute atomic E-state index is 0.177. The molecule has 0 atom stereocenters. The third kappa shape index (κ3) is 2.82. The highest BCUT2D eigenvalue weighted by molar-refractivity contribution is 6.35. The lowest BCUT2D eigenvalue weighted by atomic mass is 10.1. The number of halogens is 2. The first kappa shape index (κ1) is 14.9. The van der Waals surface area contributed by atoms with Crippen LogP contribution in [0.5, 0.6) is 11.5 Å². The van der Waals surface area contributed by atoms with E-state index in [9.17, 15) is 4.79 Å². The number of rotatable bonds is 3. The van der Waals surface area contributed by atoms with Crippen LogP contribution in [-0.4, -0.2) is 12.4 Å². The predicted molar refractivity (Wildman–Crippen MR) is 87.0 cm³/mol. The van der Waals surface area contributed by atoms with Gasteiger partial charge in [-0.2, -0.15) is 0 Å². The lowest BCUT2D eigenvalue weighted by Gasteiger charge is -2.04. The Morgan fingerprint density at radius 3 is 2.73 bits per heavy atom. The fraction of sp³-hybridized carbons (Fsp3) is 0.118. The number of hydrogen-bond acceptors (Lipinski definition) is 3. The van der Waals surface area contributed by atoms with Crippen LogP contribution in [0.25, 0.3) is 6.08 Å². The van der Waals surface area contributed by atoms with Crippen LogP contribution >= 0.6 is 23.2 Å². The number of Topliss-reactive ketones (excluding diaryl/α,β-unsaturated/α-hetero) is 1. The fourth-order valence-electron chi connectivity index (χ4n) is 2.18. The van der Waals surface area contributed by atoms with Gasteiger partial charge in [0.2, 0.25) is 5.78 Å². The van der Waals surface area contributed by atoms with Crippen LogP contribution in [0.15, 0.2) is 42.2 Å². The first-order chi connectivity index (χ1) is 10.6. The van der Waals surface area contributed by atoms with Gasteiger partial charge in [-0.25, -0.2) is 0 Å². The third-order valence-electron chi connectivity index (χ3n) is 3.20. The minimum Gasteiger partial charge on any atom is -0.494 e. The molecular formula is C17H12Cl2O3. The second-order valence-electron chi connectivity index (χ2n) is 4.70. The van der Waals surface area contributed by atoms with Gasteiger partial charge < -0.3 is 9.47 Å². The van der Waals surface area contributed by atoms with Crippen LogP contribution in [0.4, 0.5) is 0 Å². The fourth-order valence-corrected chi connectivity index (χ4v) is 2.65. The molecule has 1 aliphatic heterocycles. The summed E-state index contributed by atoms with van der Waals surface area (Å²) < 4.78 is 11.0. The quantitative estimate of drug-likeness (QED) is 0.740. The summed E-state index contributed by atoms with van der Waals surface area (Å²) in [5, 5.41) is 0.998. The standard InChI is InChI=1S/C17H12Cl2O3/c1-2-21-12-5-6-13-15(9-12)22-16(17(13)20)7-10-3-4-11(18)8-14(10)19/h3-9H,2H2,1H3/b16-7-. The zero-order valence-corrected chi connectivity index (χ0v) is 13.2. The molecule has 0 saturated heterocycles. The summed E-state index contributed by atoms with van der Waals surface area (Å²) in [6, 6.07) is 10.2. The Labute approximate surface area is 138 Å². The van der Waals surface area contributed by atoms with Gasteiger partial charge in [0, 0.05) is 16.1 Å². The van der Waals surface area contributed by atoms with Crippen LogP contribution in [-0.2, 0) is 0 Å². The molecule has 0 aliphatic carbocycles. The number of ether oxygens (including phenoxy) is 2. The van der Waals surface area contributed by atoms with E-state index >= 15 is 0 Å². The van der Waals surface area contributed by atoms with Gasteiger partial charge in [-0.3, -0.25) is 4.79 Å². The number of fused-ring (bicyclic) bond motifs is 1. The first-order valence-corrected chi connectivity index (χ1v) is 7.50. The second-order valence-corrected chi connectivity index (χ2v) is 5.54. The Morgan fingerprint density at radius 2 is 2.00 bits per heavy atom. The van der Waals surface area contributed by atoms with Crippen molar-refractivity contribution >= 4 is 35.1 Å². The lowest BCUT2D eigenvalue weighted by Crippen LogP contribution is -1.98. The Morgan fingerprint density at radius 1 is 1.18 bits per heavy atom. The Hall–Kier alpha value is -1.97. The molecule has 0 unspecified atom stereocenters. The van der Waals surface area contributed by atoms with Crippen LogP contribution in [0.2, 0.25) is 10.0 Å². The van der Waals surface area contributed by atoms with E-state index in [4.69, 9.17) is 32.7 Å². The number of hydrogen-bond donors (Lipinski definition) is 0. The molecule has 112 valence electrons. The van der Waals surface area contributed by atoms with Crippen molar-refractivity contribution in [3.05, 3.63) is 63.3 Å². The number of carbonyl (C=O) groups excluding carboxylic acids is 1. The highest BCUT2D eigenvalue weighted by Gasteiger charge is 2.27. The normalized spacial score (nSPS) is 14.9. The summed E-state index contributed by atoms with van der Waals surface area (Å²) in [5.74, 6) is 1.21. The number of allylic oxidation sites excluding steroid dienone is 1. The molecule has 3 nitrogen and oxygen atoms in total. The molecular weight excluding hydrogens is 323 g/mol. The zero-order chi connectivity index (χ0) is 15.7. The van der Waals surface area contributed by atoms with Crippen molar-refractivity contribution in [1.29, 1.82) is 0 Å². The molecule has 2 aromatic rings. The van der Waals surface area contributed by atoms with E-state index in [0.717, 1.165) is 0 Å². The smallest absolute Gasteiger partial charge is 0.231 e. The number of benzene rings is 2. The number of ketones is 1. The van der Waals surface area contributed by atoms with E-state index in [1.54, 1.807) is 42.5 Å². The molecule has 0 amide bonds. The average molecular weight is 335 g/mol. The van der Waals surface area contributed by atoms with E-state index in [-0.39, 0.29) is 11.5 Å². The molecule has 0 fully saturated rings. The van der Waals surface area contributed by atoms with Crippen LogP contribution in [0.3, 0.4) is 0 Å². The molecule has 0 spiro atoms. The van der Waals surface area contributed by atoms with Gasteiger partial charge in [0.1, 0.15) is 11.5 Å². The monoisotopic (exact) mass is 334 g/mol. The Kier molecular flexibility index (Phi) is 4.10. The van der Waals surface area contributed by atoms with Crippen molar-refractivity contribution in [2.45, 2.75) is 6.92 Å². The van der Waals surface area contributed by atoms with Gasteiger partial charge in [-0.15, -0.1) is 0 Å². The van der Waals surface area contributed by atoms with Gasteiger partial charge >= 0.3 is 0 Å². The Bertz CT molecular complexity index is 781. The molecule has 5 heteroatoms. The van der Waals surface area contributed by atoms with E-state index in [2.05, 4.69) is 0 Å². The highest BCUT2D eigenvalue weighted by Crippen LogP contribution is 2.35. The molecule has 0 radical (unpaired) electrons. The summed E-state index contributed by atoms with van der Waals surface area (Å²) in [7, 11) is 0. The summed E-state index contributed by atoms with van der Waals surface area (Å²) in [6.07, 6.45) is 1.61. The topological polar surface area (TPSA) is 35.5 Å². The largest absolute Gasteiger partial charge is 0.494 e. The SMILES string of the molecule is CCOc1ccc2c(c1)O/C(=C\c1ccc(Cl)cc1Cl)C2=O. The van der Waals surface area contributed by atoms with Gasteiger partial charge in [0.05, 0.1) is 12.2 Å². The molecule has 0 aromatic heterocycles. The summed E-state index contributed by atoms with van der Waals surface area (Å²) >= 11 is 12.0. The highest BCUT2D eigenvalue weighted by atomic mass is 35.5. The van der Waals surface area contributed by atoms with E-state index in [1.165, 1.54) is 0 Å². The van der Waals surface area contributed by atoms with Crippen LogP contribution in [0, 0.1) is 0 Å². The van der Waals surface area contributed by atoms with Crippen molar-refractivity contribution in [3.63, 3.8) is 0 Å². The number of carbonyl (C=O) groups is 1. The molecule has 22 heavy (non-hydrogen) atoms. The van der Waals surface area contributed by atoms with Crippen LogP contribution < -0.4 is 9.47 Å². The van der Waals surface area contributed by atoms with E-state index in [1.807, 2.05) is 6.92 Å². The summed E-state index contributed by atoms with van der Waals surface area (Å²) in [5.41, 5.74) is 1.19. The molecule has 0 N–H and O–H groups in total. The zero-order valence-electron chi connectivity index (χ0n) is 11.7. The second kappa shape index (κ2) is 6.03.